The van der Waals surface area contributed by atoms with Crippen molar-refractivity contribution in [3.05, 3.63) is 29.8 Å². The molecule has 1 rings (SSSR count). The van der Waals surface area contributed by atoms with Crippen molar-refractivity contribution < 1.29 is 4.74 Å². The van der Waals surface area contributed by atoms with Crippen LogP contribution in [0.3, 0.4) is 0 Å². The monoisotopic (exact) mass is 250 g/mol. The summed E-state index contributed by atoms with van der Waals surface area (Å²) >= 11 is 0. The number of methoxy groups -OCH3 is 1. The van der Waals surface area contributed by atoms with Crippen molar-refractivity contribution in [3.8, 4) is 5.75 Å². The first kappa shape index (κ1) is 15.0. The number of nitrogens with zero attached hydrogens (tertiary/aromatic N) is 1. The highest BCUT2D eigenvalue weighted by atomic mass is 16.5. The molecule has 0 radical (unpaired) electrons. The van der Waals surface area contributed by atoms with E-state index in [-0.39, 0.29) is 5.54 Å². The zero-order valence-corrected chi connectivity index (χ0v) is 12.1. The van der Waals surface area contributed by atoms with Crippen LogP contribution in [0.5, 0.6) is 5.75 Å². The maximum absolute atomic E-state index is 6.27. The Balaban J connectivity index is 2.50. The van der Waals surface area contributed by atoms with Crippen LogP contribution in [-0.4, -0.2) is 31.1 Å². The average molecular weight is 250 g/mol. The number of benzene rings is 1. The molecule has 0 spiro atoms. The molecule has 0 aromatic heterocycles. The van der Waals surface area contributed by atoms with E-state index in [1.807, 2.05) is 12.1 Å². The molecule has 18 heavy (non-hydrogen) atoms. The summed E-state index contributed by atoms with van der Waals surface area (Å²) in [5.41, 5.74) is 7.45. The number of rotatable bonds is 7. The molecule has 2 N–H and O–H groups in total. The van der Waals surface area contributed by atoms with Gasteiger partial charge in [-0.25, -0.2) is 0 Å². The van der Waals surface area contributed by atoms with Crippen LogP contribution < -0.4 is 10.5 Å². The van der Waals surface area contributed by atoms with E-state index in [4.69, 9.17) is 10.5 Å². The van der Waals surface area contributed by atoms with Crippen molar-refractivity contribution in [3.63, 3.8) is 0 Å². The highest BCUT2D eigenvalue weighted by molar-refractivity contribution is 5.27. The van der Waals surface area contributed by atoms with Crippen LogP contribution >= 0.6 is 0 Å². The van der Waals surface area contributed by atoms with Gasteiger partial charge in [0, 0.05) is 18.6 Å². The normalized spacial score (nSPS) is 14.6. The predicted molar refractivity (Wildman–Crippen MR) is 76.8 cm³/mol. The lowest BCUT2D eigenvalue weighted by Crippen LogP contribution is -2.46. The second-order valence-corrected chi connectivity index (χ2v) is 5.42. The summed E-state index contributed by atoms with van der Waals surface area (Å²) in [5.74, 6) is 0.899. The van der Waals surface area contributed by atoms with Crippen molar-refractivity contribution in [2.45, 2.75) is 38.8 Å². The van der Waals surface area contributed by atoms with E-state index in [0.717, 1.165) is 31.7 Å². The van der Waals surface area contributed by atoms with E-state index < -0.39 is 0 Å². The molecule has 1 aromatic carbocycles. The van der Waals surface area contributed by atoms with Crippen LogP contribution in [0.1, 0.15) is 32.3 Å². The summed E-state index contributed by atoms with van der Waals surface area (Å²) in [5, 5.41) is 0. The summed E-state index contributed by atoms with van der Waals surface area (Å²) in [6, 6.07) is 8.19. The van der Waals surface area contributed by atoms with Crippen LogP contribution in [0.25, 0.3) is 0 Å². The maximum atomic E-state index is 6.27. The van der Waals surface area contributed by atoms with E-state index in [0.29, 0.717) is 0 Å². The third-order valence-electron chi connectivity index (χ3n) is 3.06. The van der Waals surface area contributed by atoms with Gasteiger partial charge in [-0.05, 0) is 38.1 Å². The quantitative estimate of drug-likeness (QED) is 0.808. The number of nitrogens with two attached hydrogens (primary N) is 1. The van der Waals surface area contributed by atoms with Gasteiger partial charge in [-0.1, -0.05) is 25.5 Å². The molecular weight excluding hydrogens is 224 g/mol. The Hall–Kier alpha value is -1.06. The van der Waals surface area contributed by atoms with Gasteiger partial charge in [0.15, 0.2) is 0 Å². The summed E-state index contributed by atoms with van der Waals surface area (Å²) in [6.07, 6.45) is 2.18. The summed E-state index contributed by atoms with van der Waals surface area (Å²) in [4.78, 5) is 2.28. The highest BCUT2D eigenvalue weighted by Gasteiger charge is 2.19. The van der Waals surface area contributed by atoms with Gasteiger partial charge in [-0.2, -0.15) is 0 Å². The Morgan fingerprint density at radius 1 is 1.28 bits per heavy atom. The largest absolute Gasteiger partial charge is 0.497 e. The number of likely N-dealkylation sites (N-methyl/N-ethyl adjacent to an activating group) is 1. The summed E-state index contributed by atoms with van der Waals surface area (Å²) in [7, 11) is 3.80. The smallest absolute Gasteiger partial charge is 0.118 e. The summed E-state index contributed by atoms with van der Waals surface area (Å²) < 4.78 is 5.15. The molecule has 102 valence electrons. The van der Waals surface area contributed by atoms with Crippen molar-refractivity contribution in [1.82, 2.24) is 4.90 Å². The van der Waals surface area contributed by atoms with Crippen LogP contribution in [0.15, 0.2) is 24.3 Å². The first-order valence-electron chi connectivity index (χ1n) is 6.57. The number of hydrogen-bond donors (Lipinski definition) is 1. The minimum Gasteiger partial charge on any atom is -0.497 e. The Bertz CT molecular complexity index is 346. The molecule has 3 nitrogen and oxygen atoms in total. The first-order valence-corrected chi connectivity index (χ1v) is 6.57. The molecule has 1 unspecified atom stereocenters. The second-order valence-electron chi connectivity index (χ2n) is 5.42. The van der Waals surface area contributed by atoms with Crippen LogP contribution in [0, 0.1) is 0 Å². The van der Waals surface area contributed by atoms with E-state index in [9.17, 15) is 0 Å². The molecule has 0 aliphatic heterocycles. The SMILES string of the molecule is CCCC(C)(N)CN(C)Cc1ccc(OC)cc1. The lowest BCUT2D eigenvalue weighted by Gasteiger charge is -2.30. The van der Waals surface area contributed by atoms with Gasteiger partial charge in [0.1, 0.15) is 5.75 Å². The molecule has 0 fully saturated rings. The molecule has 0 saturated carbocycles. The third kappa shape index (κ3) is 5.07. The molecule has 1 atom stereocenters. The van der Waals surface area contributed by atoms with E-state index in [2.05, 4.69) is 37.9 Å². The Labute approximate surface area is 111 Å². The minimum absolute atomic E-state index is 0.101. The van der Waals surface area contributed by atoms with E-state index >= 15 is 0 Å². The fourth-order valence-electron chi connectivity index (χ4n) is 2.37. The van der Waals surface area contributed by atoms with Crippen molar-refractivity contribution in [2.75, 3.05) is 20.7 Å². The van der Waals surface area contributed by atoms with Crippen LogP contribution in [0.2, 0.25) is 0 Å². The van der Waals surface area contributed by atoms with Crippen molar-refractivity contribution in [2.24, 2.45) is 5.73 Å². The Morgan fingerprint density at radius 2 is 1.89 bits per heavy atom. The fourth-order valence-corrected chi connectivity index (χ4v) is 2.37. The molecule has 0 saturated heterocycles. The molecular formula is C15H26N2O. The van der Waals surface area contributed by atoms with Gasteiger partial charge in [0.05, 0.1) is 7.11 Å². The van der Waals surface area contributed by atoms with Gasteiger partial charge < -0.3 is 15.4 Å². The molecule has 3 heteroatoms. The van der Waals surface area contributed by atoms with Crippen molar-refractivity contribution in [1.29, 1.82) is 0 Å². The van der Waals surface area contributed by atoms with Gasteiger partial charge >= 0.3 is 0 Å². The second kappa shape index (κ2) is 6.76. The third-order valence-corrected chi connectivity index (χ3v) is 3.06. The molecule has 1 aromatic rings. The van der Waals surface area contributed by atoms with Gasteiger partial charge in [-0.3, -0.25) is 0 Å². The Morgan fingerprint density at radius 3 is 2.39 bits per heavy atom. The maximum Gasteiger partial charge on any atom is 0.118 e. The predicted octanol–water partition coefficient (Wildman–Crippen LogP) is 2.64. The summed E-state index contributed by atoms with van der Waals surface area (Å²) in [6.45, 7) is 6.13. The van der Waals surface area contributed by atoms with Crippen molar-refractivity contribution >= 4 is 0 Å². The van der Waals surface area contributed by atoms with Gasteiger partial charge in [0.25, 0.3) is 0 Å². The fraction of sp³-hybridized carbons (Fsp3) is 0.600. The zero-order chi connectivity index (χ0) is 13.6. The number of hydrogen-bond acceptors (Lipinski definition) is 3. The molecule has 0 bridgehead atoms. The average Bonchev–Trinajstić information content (AvgIpc) is 2.28. The Kier molecular flexibility index (Phi) is 5.63. The lowest BCUT2D eigenvalue weighted by molar-refractivity contribution is 0.241. The topological polar surface area (TPSA) is 38.5 Å². The van der Waals surface area contributed by atoms with E-state index in [1.165, 1.54) is 5.56 Å². The molecule has 0 heterocycles. The van der Waals surface area contributed by atoms with E-state index in [1.54, 1.807) is 7.11 Å². The molecule has 0 amide bonds. The highest BCUT2D eigenvalue weighted by Crippen LogP contribution is 2.15. The van der Waals surface area contributed by atoms with Gasteiger partial charge in [0.2, 0.25) is 0 Å². The minimum atomic E-state index is -0.101. The van der Waals surface area contributed by atoms with Crippen LogP contribution in [0.4, 0.5) is 0 Å². The molecule has 0 aliphatic carbocycles. The first-order chi connectivity index (χ1) is 8.46. The standard InChI is InChI=1S/C15H26N2O/c1-5-10-15(2,16)12-17(3)11-13-6-8-14(18-4)9-7-13/h6-9H,5,10-12,16H2,1-4H3. The number of ether oxygens (including phenoxy) is 1. The zero-order valence-electron chi connectivity index (χ0n) is 12.1. The van der Waals surface area contributed by atoms with Crippen LogP contribution in [-0.2, 0) is 6.54 Å². The van der Waals surface area contributed by atoms with Gasteiger partial charge in [-0.15, -0.1) is 0 Å². The lowest BCUT2D eigenvalue weighted by atomic mass is 9.97. The molecule has 0 aliphatic rings.